The van der Waals surface area contributed by atoms with Crippen molar-refractivity contribution in [2.45, 2.75) is 64.0 Å². The average Bonchev–Trinajstić information content (AvgIpc) is 3.06. The summed E-state index contributed by atoms with van der Waals surface area (Å²) in [5, 5.41) is 15.1. The Morgan fingerprint density at radius 1 is 1.21 bits per heavy atom. The lowest BCUT2D eigenvalue weighted by atomic mass is 9.71. The number of fused-ring (bicyclic) bond motifs is 1. The summed E-state index contributed by atoms with van der Waals surface area (Å²) >= 11 is 0. The van der Waals surface area contributed by atoms with E-state index in [9.17, 15) is 4.79 Å². The molecule has 1 fully saturated rings. The van der Waals surface area contributed by atoms with Gasteiger partial charge in [-0.1, -0.05) is 43.3 Å². The van der Waals surface area contributed by atoms with Gasteiger partial charge in [0.25, 0.3) is 5.91 Å². The summed E-state index contributed by atoms with van der Waals surface area (Å²) in [6.07, 6.45) is 4.04. The van der Waals surface area contributed by atoms with Gasteiger partial charge in [-0.25, -0.2) is 4.68 Å². The number of halogens is 1. The predicted molar refractivity (Wildman–Crippen MR) is 112 cm³/mol. The topological polar surface area (TPSA) is 71.8 Å². The highest BCUT2D eigenvalue weighted by Gasteiger charge is 2.33. The van der Waals surface area contributed by atoms with Crippen molar-refractivity contribution in [1.82, 2.24) is 25.6 Å². The van der Waals surface area contributed by atoms with Crippen LogP contribution in [0.5, 0.6) is 0 Å². The Morgan fingerprint density at radius 2 is 1.93 bits per heavy atom. The minimum Gasteiger partial charge on any atom is -0.344 e. The molecule has 152 valence electrons. The minimum atomic E-state index is -0.118. The second-order valence-electron chi connectivity index (χ2n) is 8.49. The van der Waals surface area contributed by atoms with Crippen LogP contribution in [0.15, 0.2) is 24.3 Å². The Bertz CT molecular complexity index is 841. The number of benzene rings is 1. The smallest absolute Gasteiger partial charge is 0.274 e. The molecule has 28 heavy (non-hydrogen) atoms. The highest BCUT2D eigenvalue weighted by Crippen LogP contribution is 2.41. The Hall–Kier alpha value is -1.92. The van der Waals surface area contributed by atoms with E-state index in [0.29, 0.717) is 11.7 Å². The number of nitrogens with zero attached hydrogens (tertiary/aromatic N) is 3. The van der Waals surface area contributed by atoms with Crippen molar-refractivity contribution < 1.29 is 4.79 Å². The molecule has 1 aromatic carbocycles. The molecule has 0 spiro atoms. The van der Waals surface area contributed by atoms with E-state index in [0.717, 1.165) is 44.5 Å². The Balaban J connectivity index is 0.00000225. The van der Waals surface area contributed by atoms with Crippen molar-refractivity contribution in [1.29, 1.82) is 0 Å². The van der Waals surface area contributed by atoms with Crippen molar-refractivity contribution in [2.24, 2.45) is 0 Å². The summed E-state index contributed by atoms with van der Waals surface area (Å²) < 4.78 is 1.94. The quantitative estimate of drug-likeness (QED) is 0.823. The molecule has 2 aromatic rings. The third-order valence-electron chi connectivity index (χ3n) is 6.23. The molecule has 2 heterocycles. The summed E-state index contributed by atoms with van der Waals surface area (Å²) in [6, 6.07) is 8.82. The van der Waals surface area contributed by atoms with Crippen molar-refractivity contribution in [3.8, 4) is 0 Å². The summed E-state index contributed by atoms with van der Waals surface area (Å²) in [5.74, 6) is -0.118. The number of aromatic nitrogens is 3. The highest BCUT2D eigenvalue weighted by atomic mass is 35.5. The average molecular weight is 404 g/mol. The first-order valence-electron chi connectivity index (χ1n) is 10.00. The molecule has 2 aliphatic rings. The second-order valence-corrected chi connectivity index (χ2v) is 8.49. The molecule has 1 atom stereocenters. The van der Waals surface area contributed by atoms with Crippen LogP contribution in [0.4, 0.5) is 0 Å². The van der Waals surface area contributed by atoms with Gasteiger partial charge in [-0.05, 0) is 62.2 Å². The molecule has 1 unspecified atom stereocenters. The maximum Gasteiger partial charge on any atom is 0.274 e. The molecular formula is C21H30ClN5O. The second kappa shape index (κ2) is 8.21. The summed E-state index contributed by atoms with van der Waals surface area (Å²) in [6.45, 7) is 8.48. The third-order valence-corrected chi connectivity index (χ3v) is 6.23. The van der Waals surface area contributed by atoms with Gasteiger partial charge < -0.3 is 10.6 Å². The van der Waals surface area contributed by atoms with Crippen LogP contribution in [0.2, 0.25) is 0 Å². The minimum absolute atomic E-state index is 0. The Labute approximate surface area is 172 Å². The molecule has 4 rings (SSSR count). The third kappa shape index (κ3) is 3.80. The normalized spacial score (nSPS) is 21.5. The zero-order valence-corrected chi connectivity index (χ0v) is 17.7. The zero-order chi connectivity index (χ0) is 19.0. The van der Waals surface area contributed by atoms with Crippen LogP contribution in [-0.4, -0.2) is 34.0 Å². The van der Waals surface area contributed by atoms with Crippen molar-refractivity contribution in [3.05, 3.63) is 46.8 Å². The van der Waals surface area contributed by atoms with E-state index < -0.39 is 0 Å². The van der Waals surface area contributed by atoms with Gasteiger partial charge in [-0.2, -0.15) is 0 Å². The van der Waals surface area contributed by atoms with E-state index in [2.05, 4.69) is 59.1 Å². The number of carbonyl (C=O) groups is 1. The van der Waals surface area contributed by atoms with Crippen LogP contribution in [0.1, 0.15) is 78.9 Å². The van der Waals surface area contributed by atoms with Crippen LogP contribution < -0.4 is 10.6 Å². The largest absolute Gasteiger partial charge is 0.344 e. The summed E-state index contributed by atoms with van der Waals surface area (Å²) in [7, 11) is 0. The molecule has 0 bridgehead atoms. The monoisotopic (exact) mass is 403 g/mol. The van der Waals surface area contributed by atoms with Gasteiger partial charge in [0.05, 0.1) is 17.8 Å². The Kier molecular flexibility index (Phi) is 6.10. The first kappa shape index (κ1) is 20.8. The lowest BCUT2D eigenvalue weighted by Gasteiger charge is -2.37. The molecule has 1 amide bonds. The van der Waals surface area contributed by atoms with Crippen molar-refractivity contribution in [3.63, 3.8) is 0 Å². The van der Waals surface area contributed by atoms with E-state index in [-0.39, 0.29) is 29.8 Å². The molecular weight excluding hydrogens is 374 g/mol. The number of rotatable bonds is 3. The molecule has 1 aliphatic carbocycles. The fourth-order valence-electron chi connectivity index (χ4n) is 4.54. The zero-order valence-electron chi connectivity index (χ0n) is 16.9. The summed E-state index contributed by atoms with van der Waals surface area (Å²) in [4.78, 5) is 13.0. The van der Waals surface area contributed by atoms with E-state index in [1.807, 2.05) is 11.6 Å². The number of nitrogens with one attached hydrogen (secondary N) is 2. The number of hydrogen-bond donors (Lipinski definition) is 2. The van der Waals surface area contributed by atoms with Crippen LogP contribution in [0.3, 0.4) is 0 Å². The van der Waals surface area contributed by atoms with Crippen LogP contribution in [0, 0.1) is 6.92 Å². The van der Waals surface area contributed by atoms with E-state index >= 15 is 0 Å². The lowest BCUT2D eigenvalue weighted by molar-refractivity contribution is 0.0923. The van der Waals surface area contributed by atoms with Gasteiger partial charge >= 0.3 is 0 Å². The van der Waals surface area contributed by atoms with Crippen LogP contribution >= 0.6 is 12.4 Å². The van der Waals surface area contributed by atoms with Gasteiger partial charge in [0, 0.05) is 0 Å². The van der Waals surface area contributed by atoms with Crippen molar-refractivity contribution in [2.75, 3.05) is 13.1 Å². The molecule has 6 nitrogen and oxygen atoms in total. The molecule has 1 aliphatic heterocycles. The Morgan fingerprint density at radius 3 is 2.68 bits per heavy atom. The number of carbonyl (C=O) groups excluding carboxylic acids is 1. The number of piperidine rings is 1. The maximum atomic E-state index is 13.0. The SMILES string of the molecule is Cc1c(C(=O)NC2CCC(C)(C)c3ccccc32)nnn1C1CCNCC1.Cl. The molecule has 0 radical (unpaired) electrons. The van der Waals surface area contributed by atoms with Crippen molar-refractivity contribution >= 4 is 18.3 Å². The molecule has 0 saturated carbocycles. The van der Waals surface area contributed by atoms with Gasteiger partial charge in [0.1, 0.15) is 0 Å². The fraction of sp³-hybridized carbons (Fsp3) is 0.571. The standard InChI is InChI=1S/C21H29N5O.ClH/c1-14-19(24-25-26(14)15-9-12-22-13-10-15)20(27)23-18-8-11-21(2,3)17-7-5-4-6-16(17)18;/h4-7,15,18,22H,8-13H2,1-3H3,(H,23,27);1H. The molecule has 1 aromatic heterocycles. The first-order chi connectivity index (χ1) is 13.0. The van der Waals surface area contributed by atoms with Gasteiger partial charge in [-0.15, -0.1) is 17.5 Å². The summed E-state index contributed by atoms with van der Waals surface area (Å²) in [5.41, 5.74) is 4.02. The molecule has 7 heteroatoms. The number of amides is 1. The van der Waals surface area contributed by atoms with Gasteiger partial charge in [-0.3, -0.25) is 4.79 Å². The molecule has 2 N–H and O–H groups in total. The molecule has 1 saturated heterocycles. The van der Waals surface area contributed by atoms with Crippen LogP contribution in [0.25, 0.3) is 0 Å². The van der Waals surface area contributed by atoms with Gasteiger partial charge in [0.2, 0.25) is 0 Å². The first-order valence-corrected chi connectivity index (χ1v) is 10.00. The fourth-order valence-corrected chi connectivity index (χ4v) is 4.54. The predicted octanol–water partition coefficient (Wildman–Crippen LogP) is 3.48. The number of hydrogen-bond acceptors (Lipinski definition) is 4. The maximum absolute atomic E-state index is 13.0. The van der Waals surface area contributed by atoms with E-state index in [1.165, 1.54) is 11.1 Å². The van der Waals surface area contributed by atoms with Crippen LogP contribution in [-0.2, 0) is 5.41 Å². The van der Waals surface area contributed by atoms with E-state index in [1.54, 1.807) is 0 Å². The highest BCUT2D eigenvalue weighted by molar-refractivity contribution is 5.93. The van der Waals surface area contributed by atoms with Gasteiger partial charge in [0.15, 0.2) is 5.69 Å². The van der Waals surface area contributed by atoms with E-state index in [4.69, 9.17) is 0 Å². The lowest BCUT2D eigenvalue weighted by Crippen LogP contribution is -2.36.